The molecule has 1 atom stereocenters. The average Bonchev–Trinajstić information content (AvgIpc) is 2.25. The normalized spacial score (nSPS) is 11.8. The van der Waals surface area contributed by atoms with Crippen molar-refractivity contribution in [2.45, 2.75) is 6.10 Å². The molecule has 0 bridgehead atoms. The van der Waals surface area contributed by atoms with Crippen molar-refractivity contribution in [2.75, 3.05) is 12.4 Å². The lowest BCUT2D eigenvalue weighted by molar-refractivity contribution is 0.126. The highest BCUT2D eigenvalue weighted by atomic mass is 35.5. The molecule has 1 rings (SSSR count). The van der Waals surface area contributed by atoms with E-state index in [2.05, 4.69) is 0 Å². The third-order valence-electron chi connectivity index (χ3n) is 1.60. The Bertz CT molecular complexity index is 336. The van der Waals surface area contributed by atoms with Gasteiger partial charge in [-0.25, -0.2) is 0 Å². The second-order valence-electron chi connectivity index (χ2n) is 2.82. The van der Waals surface area contributed by atoms with E-state index < -0.39 is 6.10 Å². The highest BCUT2D eigenvalue weighted by Gasteiger charge is 2.05. The van der Waals surface area contributed by atoms with Crippen molar-refractivity contribution >= 4 is 23.4 Å². The maximum atomic E-state index is 9.37. The largest absolute Gasteiger partial charge is 0.491 e. The van der Waals surface area contributed by atoms with Crippen molar-refractivity contribution in [1.29, 1.82) is 5.26 Å². The summed E-state index contributed by atoms with van der Waals surface area (Å²) in [5.74, 6) is 1.00. The van der Waals surface area contributed by atoms with Crippen molar-refractivity contribution in [3.05, 3.63) is 29.3 Å². The Kier molecular flexibility index (Phi) is 5.33. The maximum absolute atomic E-state index is 9.37. The summed E-state index contributed by atoms with van der Waals surface area (Å²) in [5, 5.41) is 20.2. The highest BCUT2D eigenvalue weighted by Crippen LogP contribution is 2.15. The van der Waals surface area contributed by atoms with Crippen LogP contribution >= 0.6 is 23.4 Å². The SMILES string of the molecule is N#CSCC(O)COc1ccc(Cl)cc1. The lowest BCUT2D eigenvalue weighted by Gasteiger charge is -2.10. The summed E-state index contributed by atoms with van der Waals surface area (Å²) in [4.78, 5) is 0. The number of hydrogen-bond donors (Lipinski definition) is 1. The van der Waals surface area contributed by atoms with Gasteiger partial charge in [-0.05, 0) is 36.0 Å². The lowest BCUT2D eigenvalue weighted by atomic mass is 10.3. The molecule has 0 saturated heterocycles. The fourth-order valence-corrected chi connectivity index (χ4v) is 1.39. The summed E-state index contributed by atoms with van der Waals surface area (Å²) < 4.78 is 5.29. The molecule has 0 saturated carbocycles. The monoisotopic (exact) mass is 243 g/mol. The van der Waals surface area contributed by atoms with Crippen LogP contribution < -0.4 is 4.74 Å². The number of benzene rings is 1. The second-order valence-corrected chi connectivity index (χ2v) is 4.06. The molecule has 0 aliphatic carbocycles. The summed E-state index contributed by atoms with van der Waals surface area (Å²) in [6.07, 6.45) is -0.634. The molecule has 1 aromatic carbocycles. The van der Waals surface area contributed by atoms with Crippen LogP contribution in [0, 0.1) is 10.7 Å². The van der Waals surface area contributed by atoms with Gasteiger partial charge in [-0.1, -0.05) is 11.6 Å². The van der Waals surface area contributed by atoms with Crippen LogP contribution in [0.15, 0.2) is 24.3 Å². The van der Waals surface area contributed by atoms with Crippen molar-refractivity contribution in [3.8, 4) is 11.2 Å². The molecule has 0 spiro atoms. The first-order chi connectivity index (χ1) is 7.22. The first-order valence-electron chi connectivity index (χ1n) is 4.29. The quantitative estimate of drug-likeness (QED) is 0.807. The summed E-state index contributed by atoms with van der Waals surface area (Å²) >= 11 is 6.71. The molecule has 5 heteroatoms. The van der Waals surface area contributed by atoms with Crippen LogP contribution in [0.2, 0.25) is 5.02 Å². The Morgan fingerprint density at radius 1 is 1.47 bits per heavy atom. The molecule has 1 aromatic rings. The van der Waals surface area contributed by atoms with Gasteiger partial charge in [0.1, 0.15) is 17.8 Å². The summed E-state index contributed by atoms with van der Waals surface area (Å²) in [6.45, 7) is 0.177. The molecule has 80 valence electrons. The first kappa shape index (κ1) is 12.2. The molecular weight excluding hydrogens is 234 g/mol. The standard InChI is InChI=1S/C10H10ClNO2S/c11-8-1-3-10(4-2-8)14-5-9(13)6-15-7-12/h1-4,9,13H,5-6H2. The van der Waals surface area contributed by atoms with Crippen molar-refractivity contribution < 1.29 is 9.84 Å². The maximum Gasteiger partial charge on any atom is 0.133 e. The van der Waals surface area contributed by atoms with Gasteiger partial charge in [0.25, 0.3) is 0 Å². The number of hydrogen-bond acceptors (Lipinski definition) is 4. The number of nitrogens with zero attached hydrogens (tertiary/aromatic N) is 1. The average molecular weight is 244 g/mol. The molecule has 0 heterocycles. The van der Waals surface area contributed by atoms with Crippen LogP contribution in [0.4, 0.5) is 0 Å². The number of aliphatic hydroxyl groups is 1. The van der Waals surface area contributed by atoms with Crippen LogP contribution in [0.1, 0.15) is 0 Å². The summed E-state index contributed by atoms with van der Waals surface area (Å²) in [5.41, 5.74) is 0. The Balaban J connectivity index is 2.31. The molecule has 0 aromatic heterocycles. The van der Waals surface area contributed by atoms with Gasteiger partial charge in [0.05, 0.1) is 6.10 Å². The molecular formula is C10H10ClNO2S. The second kappa shape index (κ2) is 6.57. The Morgan fingerprint density at radius 2 is 2.13 bits per heavy atom. The van der Waals surface area contributed by atoms with Crippen molar-refractivity contribution in [3.63, 3.8) is 0 Å². The van der Waals surface area contributed by atoms with Gasteiger partial charge in [-0.15, -0.1) is 0 Å². The Labute approximate surface area is 97.6 Å². The number of rotatable bonds is 5. The van der Waals surface area contributed by atoms with E-state index in [0.29, 0.717) is 16.5 Å². The minimum Gasteiger partial charge on any atom is -0.491 e. The van der Waals surface area contributed by atoms with E-state index in [1.54, 1.807) is 24.3 Å². The third-order valence-corrected chi connectivity index (χ3v) is 2.53. The van der Waals surface area contributed by atoms with E-state index in [-0.39, 0.29) is 6.61 Å². The molecule has 1 unspecified atom stereocenters. The Hall–Kier alpha value is -0.890. The van der Waals surface area contributed by atoms with Crippen LogP contribution in [-0.4, -0.2) is 23.6 Å². The smallest absolute Gasteiger partial charge is 0.133 e. The zero-order valence-corrected chi connectivity index (χ0v) is 9.46. The van der Waals surface area contributed by atoms with Gasteiger partial charge in [-0.3, -0.25) is 0 Å². The number of ether oxygens (including phenoxy) is 1. The molecule has 0 fully saturated rings. The lowest BCUT2D eigenvalue weighted by Crippen LogP contribution is -2.19. The van der Waals surface area contributed by atoms with Gasteiger partial charge in [-0.2, -0.15) is 5.26 Å². The molecule has 0 radical (unpaired) electrons. The molecule has 0 amide bonds. The minimum atomic E-state index is -0.634. The minimum absolute atomic E-state index is 0.177. The van der Waals surface area contributed by atoms with E-state index in [9.17, 15) is 5.11 Å². The van der Waals surface area contributed by atoms with Crippen molar-refractivity contribution in [2.24, 2.45) is 0 Å². The van der Waals surface area contributed by atoms with Gasteiger partial charge in [0, 0.05) is 10.8 Å². The predicted molar refractivity (Wildman–Crippen MR) is 61.0 cm³/mol. The number of thiocyanates is 1. The summed E-state index contributed by atoms with van der Waals surface area (Å²) in [7, 11) is 0. The fourth-order valence-electron chi connectivity index (χ4n) is 0.905. The first-order valence-corrected chi connectivity index (χ1v) is 5.66. The number of halogens is 1. The number of thioether (sulfide) groups is 1. The molecule has 0 aliphatic rings. The zero-order chi connectivity index (χ0) is 11.1. The van der Waals surface area contributed by atoms with E-state index >= 15 is 0 Å². The van der Waals surface area contributed by atoms with Gasteiger partial charge in [0.2, 0.25) is 0 Å². The number of aliphatic hydroxyl groups excluding tert-OH is 1. The van der Waals surface area contributed by atoms with E-state index in [4.69, 9.17) is 21.6 Å². The highest BCUT2D eigenvalue weighted by molar-refractivity contribution is 8.03. The Morgan fingerprint density at radius 3 is 2.73 bits per heavy atom. The van der Waals surface area contributed by atoms with Crippen LogP contribution in [-0.2, 0) is 0 Å². The molecule has 1 N–H and O–H groups in total. The third kappa shape index (κ3) is 4.93. The fraction of sp³-hybridized carbons (Fsp3) is 0.300. The molecule has 3 nitrogen and oxygen atoms in total. The van der Waals surface area contributed by atoms with E-state index in [1.807, 2.05) is 5.40 Å². The van der Waals surface area contributed by atoms with Crippen LogP contribution in [0.3, 0.4) is 0 Å². The zero-order valence-electron chi connectivity index (χ0n) is 7.89. The summed E-state index contributed by atoms with van der Waals surface area (Å²) in [6, 6.07) is 6.89. The van der Waals surface area contributed by atoms with E-state index in [1.165, 1.54) is 0 Å². The number of nitriles is 1. The van der Waals surface area contributed by atoms with Crippen LogP contribution in [0.5, 0.6) is 5.75 Å². The van der Waals surface area contributed by atoms with Crippen LogP contribution in [0.25, 0.3) is 0 Å². The molecule has 0 aliphatic heterocycles. The molecule has 15 heavy (non-hydrogen) atoms. The van der Waals surface area contributed by atoms with E-state index in [0.717, 1.165) is 11.8 Å². The van der Waals surface area contributed by atoms with Gasteiger partial charge >= 0.3 is 0 Å². The van der Waals surface area contributed by atoms with Crippen molar-refractivity contribution in [1.82, 2.24) is 0 Å². The predicted octanol–water partition coefficient (Wildman–Crippen LogP) is 2.29. The van der Waals surface area contributed by atoms with Gasteiger partial charge < -0.3 is 9.84 Å². The topological polar surface area (TPSA) is 53.2 Å². The van der Waals surface area contributed by atoms with Gasteiger partial charge in [0.15, 0.2) is 0 Å².